The van der Waals surface area contributed by atoms with Crippen molar-refractivity contribution >= 4 is 0 Å². The molecule has 0 fully saturated rings. The van der Waals surface area contributed by atoms with Gasteiger partial charge in [0.25, 0.3) is 0 Å². The molecular formula is H2ClO5-. The average Bonchev–Trinajstić information content (AvgIpc) is 0.722. The summed E-state index contributed by atoms with van der Waals surface area (Å²) in [4.78, 5) is 0. The lowest BCUT2D eigenvalue weighted by Crippen LogP contribution is -2.68. The van der Waals surface area contributed by atoms with E-state index in [0.29, 0.717) is 0 Å². The van der Waals surface area contributed by atoms with Gasteiger partial charge in [-0.05, 0) is 0 Å². The van der Waals surface area contributed by atoms with Gasteiger partial charge in [0.05, 0.1) is 0 Å². The molecular weight excluding hydrogens is 115 g/mol. The van der Waals surface area contributed by atoms with Crippen molar-refractivity contribution in [3.8, 4) is 0 Å². The highest BCUT2D eigenvalue weighted by atomic mass is 35.7. The molecule has 2 N–H and O–H groups in total. The second-order valence-electron chi connectivity index (χ2n) is 0.378. The van der Waals surface area contributed by atoms with Crippen molar-refractivity contribution in [2.45, 2.75) is 0 Å². The van der Waals surface area contributed by atoms with Gasteiger partial charge in [-0.25, -0.2) is 18.6 Å². The second-order valence-corrected chi connectivity index (χ2v) is 1.13. The Bertz CT molecular complexity index is 19.4. The molecule has 0 spiro atoms. The van der Waals surface area contributed by atoms with Crippen LogP contribution in [0.1, 0.15) is 0 Å². The van der Waals surface area contributed by atoms with E-state index < -0.39 is 10.2 Å². The molecule has 0 bridgehead atoms. The third-order valence-electron chi connectivity index (χ3n) is 0. The van der Waals surface area contributed by atoms with E-state index in [1.54, 1.807) is 0 Å². The first-order valence-corrected chi connectivity index (χ1v) is 1.85. The van der Waals surface area contributed by atoms with E-state index in [1.807, 2.05) is 0 Å². The predicted octanol–water partition coefficient (Wildman–Crippen LogP) is -5.58. The van der Waals surface area contributed by atoms with Crippen molar-refractivity contribution in [2.75, 3.05) is 0 Å². The van der Waals surface area contributed by atoms with Crippen LogP contribution in [0.4, 0.5) is 0 Å². The lowest BCUT2D eigenvalue weighted by molar-refractivity contribution is -2.00. The van der Waals surface area contributed by atoms with E-state index in [0.717, 1.165) is 0 Å². The molecule has 5 nitrogen and oxygen atoms in total. The van der Waals surface area contributed by atoms with Gasteiger partial charge in [-0.3, -0.25) is 0 Å². The minimum atomic E-state index is -4.94. The van der Waals surface area contributed by atoms with Crippen LogP contribution < -0.4 is 18.6 Å². The molecule has 0 aliphatic heterocycles. The summed E-state index contributed by atoms with van der Waals surface area (Å²) in [5.41, 5.74) is 0. The molecule has 0 saturated heterocycles. The summed E-state index contributed by atoms with van der Waals surface area (Å²) in [5, 5.41) is 0. The van der Waals surface area contributed by atoms with E-state index in [9.17, 15) is 0 Å². The Morgan fingerprint density at radius 1 is 0.833 bits per heavy atom. The van der Waals surface area contributed by atoms with Gasteiger partial charge in [0, 0.05) is 0 Å². The van der Waals surface area contributed by atoms with Crippen LogP contribution in [0, 0.1) is 10.2 Å². The molecule has 40 valence electrons. The highest BCUT2D eigenvalue weighted by Crippen LogP contribution is 1.49. The topological polar surface area (TPSA) is 124 Å². The molecule has 0 aromatic rings. The van der Waals surface area contributed by atoms with Crippen LogP contribution in [0.15, 0.2) is 0 Å². The Kier molecular flexibility index (Phi) is 3.61. The first kappa shape index (κ1) is 9.43. The summed E-state index contributed by atoms with van der Waals surface area (Å²) < 4.78 is 34.0. The van der Waals surface area contributed by atoms with Gasteiger partial charge in [-0.1, -0.05) is 0 Å². The van der Waals surface area contributed by atoms with Gasteiger partial charge < -0.3 is 5.48 Å². The lowest BCUT2D eigenvalue weighted by Gasteiger charge is -2.17. The van der Waals surface area contributed by atoms with E-state index in [2.05, 4.69) is 0 Å². The van der Waals surface area contributed by atoms with E-state index >= 15 is 0 Å². The molecule has 6 heavy (non-hydrogen) atoms. The first-order valence-electron chi connectivity index (χ1n) is 0.617. The van der Waals surface area contributed by atoms with Crippen LogP contribution in [-0.4, -0.2) is 5.48 Å². The summed E-state index contributed by atoms with van der Waals surface area (Å²) in [6.07, 6.45) is 0. The standard InChI is InChI=1S/ClHO4.H2O/c2-1(3,4)5;/h(H,2,3,4,5);1H2/p-1. The van der Waals surface area contributed by atoms with Crippen LogP contribution in [0.25, 0.3) is 0 Å². The van der Waals surface area contributed by atoms with Crippen LogP contribution in [0.5, 0.6) is 0 Å². The largest absolute Gasteiger partial charge is 0.412 e. The fourth-order valence-electron chi connectivity index (χ4n) is 0. The third-order valence-corrected chi connectivity index (χ3v) is 0. The van der Waals surface area contributed by atoms with Crippen LogP contribution in [-0.2, 0) is 0 Å². The third kappa shape index (κ3) is 4820. The number of hydrogen-bond donors (Lipinski definition) is 0. The van der Waals surface area contributed by atoms with Gasteiger partial charge in [-0.2, -0.15) is 0 Å². The molecule has 0 saturated carbocycles. The Balaban J connectivity index is 0. The van der Waals surface area contributed by atoms with Gasteiger partial charge >= 0.3 is 0 Å². The number of rotatable bonds is 0. The number of halogens is 1. The molecule has 0 amide bonds. The SMILES string of the molecule is O.[O-][Cl+3]([O-])([O-])[O-]. The average molecular weight is 117 g/mol. The number of hydrogen-bond acceptors (Lipinski definition) is 4. The van der Waals surface area contributed by atoms with Crippen molar-refractivity contribution in [2.24, 2.45) is 0 Å². The van der Waals surface area contributed by atoms with Gasteiger partial charge in [0.2, 0.25) is 0 Å². The maximum atomic E-state index is 8.49. The van der Waals surface area contributed by atoms with Gasteiger partial charge in [0.1, 0.15) is 0 Å². The molecule has 6 heteroatoms. The molecule has 0 atom stereocenters. The van der Waals surface area contributed by atoms with Gasteiger partial charge in [0.15, 0.2) is 0 Å². The fraction of sp³-hybridized carbons (Fsp3) is 0. The minimum Gasteiger partial charge on any atom is -0.412 e. The Morgan fingerprint density at radius 3 is 0.833 bits per heavy atom. The Morgan fingerprint density at radius 2 is 0.833 bits per heavy atom. The van der Waals surface area contributed by atoms with Crippen molar-refractivity contribution in [3.05, 3.63) is 0 Å². The quantitative estimate of drug-likeness (QED) is 0.314. The fourth-order valence-corrected chi connectivity index (χ4v) is 0. The molecule has 0 aromatic heterocycles. The van der Waals surface area contributed by atoms with Crippen molar-refractivity contribution in [1.29, 1.82) is 0 Å². The van der Waals surface area contributed by atoms with E-state index in [1.165, 1.54) is 0 Å². The van der Waals surface area contributed by atoms with Crippen LogP contribution in [0.3, 0.4) is 0 Å². The van der Waals surface area contributed by atoms with Crippen molar-refractivity contribution in [3.63, 3.8) is 0 Å². The van der Waals surface area contributed by atoms with Crippen molar-refractivity contribution < 1.29 is 34.4 Å². The zero-order valence-electron chi connectivity index (χ0n) is 2.51. The van der Waals surface area contributed by atoms with E-state index in [4.69, 9.17) is 18.6 Å². The molecule has 0 heterocycles. The molecule has 0 aliphatic carbocycles. The first-order chi connectivity index (χ1) is 2.00. The molecule has 0 rings (SSSR count). The monoisotopic (exact) mass is 117 g/mol. The summed E-state index contributed by atoms with van der Waals surface area (Å²) in [5.74, 6) is 0. The molecule has 0 unspecified atom stereocenters. The summed E-state index contributed by atoms with van der Waals surface area (Å²) in [7, 11) is -4.94. The molecule has 0 aromatic carbocycles. The van der Waals surface area contributed by atoms with Crippen LogP contribution >= 0.6 is 0 Å². The normalized spacial score (nSPS) is 10.0. The smallest absolute Gasteiger partial charge is 0.112 e. The Hall–Kier alpha value is 0.0900. The molecule has 0 radical (unpaired) electrons. The predicted molar refractivity (Wildman–Crippen MR) is 3.61 cm³/mol. The maximum absolute atomic E-state index is 8.49. The lowest BCUT2D eigenvalue weighted by atomic mass is 15.8. The maximum Gasteiger partial charge on any atom is -0.112 e. The summed E-state index contributed by atoms with van der Waals surface area (Å²) >= 11 is 0. The second kappa shape index (κ2) is 2.30. The minimum absolute atomic E-state index is 0. The highest BCUT2D eigenvalue weighted by molar-refractivity contribution is 2.00. The summed E-state index contributed by atoms with van der Waals surface area (Å²) in [6, 6.07) is 0. The molecule has 0 aliphatic rings. The zero-order chi connectivity index (χ0) is 4.50. The highest BCUT2D eigenvalue weighted by Gasteiger charge is 1.84. The Labute approximate surface area is 35.5 Å². The van der Waals surface area contributed by atoms with Crippen LogP contribution in [0.2, 0.25) is 0 Å². The zero-order valence-corrected chi connectivity index (χ0v) is 3.27. The summed E-state index contributed by atoms with van der Waals surface area (Å²) in [6.45, 7) is 0. The van der Waals surface area contributed by atoms with Gasteiger partial charge in [-0.15, -0.1) is 10.2 Å². The van der Waals surface area contributed by atoms with E-state index in [-0.39, 0.29) is 5.48 Å². The van der Waals surface area contributed by atoms with Crippen molar-refractivity contribution in [1.82, 2.24) is 0 Å².